The lowest BCUT2D eigenvalue weighted by Gasteiger charge is -2.16. The lowest BCUT2D eigenvalue weighted by molar-refractivity contribution is 0.874. The van der Waals surface area contributed by atoms with Gasteiger partial charge in [-0.3, -0.25) is 4.98 Å². The summed E-state index contributed by atoms with van der Waals surface area (Å²) in [6, 6.07) is 14.9. The van der Waals surface area contributed by atoms with Crippen molar-refractivity contribution in [1.82, 2.24) is 4.98 Å². The van der Waals surface area contributed by atoms with Crippen molar-refractivity contribution in [3.8, 4) is 0 Å². The maximum Gasteiger partial charge on any atom is 0.0702 e. The minimum Gasteiger partial charge on any atom is -0.320 e. The van der Waals surface area contributed by atoms with Crippen LogP contribution in [0.1, 0.15) is 17.2 Å². The minimum absolute atomic E-state index is 0.360. The summed E-state index contributed by atoms with van der Waals surface area (Å²) in [7, 11) is 0. The Morgan fingerprint density at radius 1 is 0.950 bits per heavy atom. The summed E-state index contributed by atoms with van der Waals surface area (Å²) in [4.78, 5) is 4.30. The number of fused-ring (bicyclic) bond motifs is 1. The van der Waals surface area contributed by atoms with Gasteiger partial charge in [-0.05, 0) is 35.9 Å². The number of aromatic nitrogens is 1. The molecule has 2 nitrogen and oxygen atoms in total. The molecule has 1 aromatic heterocycles. The summed E-state index contributed by atoms with van der Waals surface area (Å²) in [6.07, 6.45) is 1.77. The van der Waals surface area contributed by atoms with Gasteiger partial charge in [-0.15, -0.1) is 0 Å². The van der Waals surface area contributed by atoms with Gasteiger partial charge in [0.05, 0.1) is 11.6 Å². The van der Waals surface area contributed by atoms with E-state index in [9.17, 15) is 0 Å². The second-order valence-corrected chi connectivity index (χ2v) is 5.38. The quantitative estimate of drug-likeness (QED) is 0.752. The molecule has 3 aromatic rings. The van der Waals surface area contributed by atoms with Crippen LogP contribution in [0.15, 0.2) is 54.7 Å². The van der Waals surface area contributed by atoms with Gasteiger partial charge in [0.1, 0.15) is 0 Å². The van der Waals surface area contributed by atoms with Gasteiger partial charge in [0.25, 0.3) is 0 Å². The first-order valence-corrected chi connectivity index (χ1v) is 6.96. The predicted molar refractivity (Wildman–Crippen MR) is 84.2 cm³/mol. The third-order valence-corrected chi connectivity index (χ3v) is 3.96. The van der Waals surface area contributed by atoms with Gasteiger partial charge < -0.3 is 5.73 Å². The SMILES string of the molecule is NC(c1ccc2ncccc2c1)c1c(Cl)cccc1Cl. The van der Waals surface area contributed by atoms with Crippen LogP contribution in [0.5, 0.6) is 0 Å². The molecule has 1 unspecified atom stereocenters. The Kier molecular flexibility index (Phi) is 3.62. The molecule has 0 saturated heterocycles. The molecule has 0 fully saturated rings. The fourth-order valence-corrected chi connectivity index (χ4v) is 2.89. The molecule has 0 radical (unpaired) electrons. The van der Waals surface area contributed by atoms with Crippen LogP contribution >= 0.6 is 23.2 Å². The van der Waals surface area contributed by atoms with Gasteiger partial charge in [0.2, 0.25) is 0 Å². The summed E-state index contributed by atoms with van der Waals surface area (Å²) in [6.45, 7) is 0. The number of nitrogens with two attached hydrogens (primary N) is 1. The molecule has 20 heavy (non-hydrogen) atoms. The number of rotatable bonds is 2. The van der Waals surface area contributed by atoms with Crippen molar-refractivity contribution in [1.29, 1.82) is 0 Å². The van der Waals surface area contributed by atoms with Crippen LogP contribution in [0.4, 0.5) is 0 Å². The van der Waals surface area contributed by atoms with Crippen molar-refractivity contribution in [3.05, 3.63) is 75.9 Å². The molecule has 0 aliphatic heterocycles. The van der Waals surface area contributed by atoms with Crippen LogP contribution in [0.2, 0.25) is 10.0 Å². The van der Waals surface area contributed by atoms with Crippen LogP contribution < -0.4 is 5.73 Å². The average molecular weight is 303 g/mol. The summed E-state index contributed by atoms with van der Waals surface area (Å²) in [5.74, 6) is 0. The summed E-state index contributed by atoms with van der Waals surface area (Å²) in [5.41, 5.74) is 8.97. The zero-order chi connectivity index (χ0) is 14.1. The number of hydrogen-bond donors (Lipinski definition) is 1. The first-order chi connectivity index (χ1) is 9.66. The first-order valence-electron chi connectivity index (χ1n) is 6.21. The standard InChI is InChI=1S/C16H12Cl2N2/c17-12-4-1-5-13(18)15(12)16(19)11-6-7-14-10(9-11)3-2-8-20-14/h1-9,16H,19H2. The fraction of sp³-hybridized carbons (Fsp3) is 0.0625. The van der Waals surface area contributed by atoms with Gasteiger partial charge >= 0.3 is 0 Å². The molecular formula is C16H12Cl2N2. The zero-order valence-corrected chi connectivity index (χ0v) is 12.1. The average Bonchev–Trinajstić information content (AvgIpc) is 2.46. The fourth-order valence-electron chi connectivity index (χ4n) is 2.26. The van der Waals surface area contributed by atoms with E-state index in [0.717, 1.165) is 22.0 Å². The molecule has 3 rings (SSSR count). The van der Waals surface area contributed by atoms with Crippen molar-refractivity contribution in [2.45, 2.75) is 6.04 Å². The van der Waals surface area contributed by atoms with E-state index in [-0.39, 0.29) is 6.04 Å². The molecular weight excluding hydrogens is 291 g/mol. The molecule has 1 atom stereocenters. The van der Waals surface area contributed by atoms with Crippen molar-refractivity contribution >= 4 is 34.1 Å². The van der Waals surface area contributed by atoms with E-state index in [1.54, 1.807) is 18.3 Å². The van der Waals surface area contributed by atoms with Crippen LogP contribution in [0.25, 0.3) is 10.9 Å². The van der Waals surface area contributed by atoms with E-state index >= 15 is 0 Å². The van der Waals surface area contributed by atoms with Crippen LogP contribution in [0.3, 0.4) is 0 Å². The number of benzene rings is 2. The Labute approximate surface area is 127 Å². The van der Waals surface area contributed by atoms with Crippen molar-refractivity contribution < 1.29 is 0 Å². The number of halogens is 2. The van der Waals surface area contributed by atoms with Gasteiger partial charge in [0.15, 0.2) is 0 Å². The van der Waals surface area contributed by atoms with Gasteiger partial charge in [-0.1, -0.05) is 41.4 Å². The van der Waals surface area contributed by atoms with E-state index < -0.39 is 0 Å². The van der Waals surface area contributed by atoms with E-state index in [4.69, 9.17) is 28.9 Å². The molecule has 100 valence electrons. The summed E-state index contributed by atoms with van der Waals surface area (Å²) < 4.78 is 0. The highest BCUT2D eigenvalue weighted by Gasteiger charge is 2.16. The molecule has 4 heteroatoms. The molecule has 2 aromatic carbocycles. The normalized spacial score (nSPS) is 12.6. The van der Waals surface area contributed by atoms with Gasteiger partial charge in [-0.2, -0.15) is 0 Å². The van der Waals surface area contributed by atoms with Crippen LogP contribution in [-0.2, 0) is 0 Å². The van der Waals surface area contributed by atoms with E-state index in [1.165, 1.54) is 0 Å². The van der Waals surface area contributed by atoms with Gasteiger partial charge in [0, 0.05) is 27.2 Å². The van der Waals surface area contributed by atoms with Crippen molar-refractivity contribution in [2.75, 3.05) is 0 Å². The molecule has 0 spiro atoms. The first kappa shape index (κ1) is 13.4. The Bertz CT molecular complexity index is 751. The Morgan fingerprint density at radius 2 is 1.70 bits per heavy atom. The monoisotopic (exact) mass is 302 g/mol. The van der Waals surface area contributed by atoms with E-state index in [2.05, 4.69) is 4.98 Å². The third-order valence-electron chi connectivity index (χ3n) is 3.30. The molecule has 0 aliphatic rings. The highest BCUT2D eigenvalue weighted by Crippen LogP contribution is 2.33. The maximum atomic E-state index is 6.32. The summed E-state index contributed by atoms with van der Waals surface area (Å²) >= 11 is 12.4. The predicted octanol–water partition coefficient (Wildman–Crippen LogP) is 4.59. The number of pyridine rings is 1. The maximum absolute atomic E-state index is 6.32. The molecule has 2 N–H and O–H groups in total. The Balaban J connectivity index is 2.10. The molecule has 0 saturated carbocycles. The Morgan fingerprint density at radius 3 is 2.45 bits per heavy atom. The minimum atomic E-state index is -0.360. The largest absolute Gasteiger partial charge is 0.320 e. The smallest absolute Gasteiger partial charge is 0.0702 e. The second-order valence-electron chi connectivity index (χ2n) is 4.57. The lowest BCUT2D eigenvalue weighted by atomic mass is 9.98. The van der Waals surface area contributed by atoms with Crippen LogP contribution in [0, 0.1) is 0 Å². The molecule has 0 amide bonds. The number of nitrogens with zero attached hydrogens (tertiary/aromatic N) is 1. The summed E-state index contributed by atoms with van der Waals surface area (Å²) in [5, 5.41) is 2.20. The third kappa shape index (κ3) is 2.38. The number of hydrogen-bond acceptors (Lipinski definition) is 2. The van der Waals surface area contributed by atoms with Crippen molar-refractivity contribution in [3.63, 3.8) is 0 Å². The topological polar surface area (TPSA) is 38.9 Å². The zero-order valence-electron chi connectivity index (χ0n) is 10.6. The van der Waals surface area contributed by atoms with Crippen molar-refractivity contribution in [2.24, 2.45) is 5.73 Å². The Hall–Kier alpha value is -1.61. The lowest BCUT2D eigenvalue weighted by Crippen LogP contribution is -2.13. The molecule has 0 bridgehead atoms. The molecule has 0 aliphatic carbocycles. The van der Waals surface area contributed by atoms with E-state index in [1.807, 2.05) is 36.4 Å². The van der Waals surface area contributed by atoms with Gasteiger partial charge in [-0.25, -0.2) is 0 Å². The second kappa shape index (κ2) is 5.41. The van der Waals surface area contributed by atoms with E-state index in [0.29, 0.717) is 10.0 Å². The highest BCUT2D eigenvalue weighted by molar-refractivity contribution is 6.36. The highest BCUT2D eigenvalue weighted by atomic mass is 35.5. The molecule has 1 heterocycles. The van der Waals surface area contributed by atoms with Crippen LogP contribution in [-0.4, -0.2) is 4.98 Å².